The van der Waals surface area contributed by atoms with Crippen LogP contribution in [0.25, 0.3) is 0 Å². The normalized spacial score (nSPS) is 23.2. The molecule has 0 unspecified atom stereocenters. The molecule has 3 N–H and O–H groups in total. The fourth-order valence-electron chi connectivity index (χ4n) is 5.80. The number of β-lactam (4-membered cyclic amide) rings is 1. The van der Waals surface area contributed by atoms with Gasteiger partial charge in [-0.2, -0.15) is 0 Å². The number of amides is 3. The van der Waals surface area contributed by atoms with Crippen molar-refractivity contribution in [2.24, 2.45) is 12.2 Å². The topological polar surface area (TPSA) is 174 Å². The molecule has 0 bridgehead atoms. The van der Waals surface area contributed by atoms with Crippen molar-refractivity contribution < 1.29 is 33.7 Å². The van der Waals surface area contributed by atoms with Gasteiger partial charge in [-0.3, -0.25) is 19.3 Å². The number of nitrogens with two attached hydrogens (primary N) is 1. The lowest BCUT2D eigenvalue weighted by atomic mass is 9.83. The van der Waals surface area contributed by atoms with Gasteiger partial charge in [0.15, 0.2) is 23.2 Å². The number of allylic oxidation sites excluding steroid dienone is 2. The number of hydrogen-bond acceptors (Lipinski definition) is 10. The summed E-state index contributed by atoms with van der Waals surface area (Å²) in [6, 6.07) is 2.01. The van der Waals surface area contributed by atoms with Crippen LogP contribution in [0.3, 0.4) is 0 Å². The molecule has 5 heterocycles. The molecule has 2 aromatic heterocycles. The zero-order valence-electron chi connectivity index (χ0n) is 23.3. The van der Waals surface area contributed by atoms with Gasteiger partial charge in [0.1, 0.15) is 30.6 Å². The Labute approximate surface area is 250 Å². The SMILES string of the molecule is C[n+]1cccc(N2C=C/C(=C\C3=C(C(=O)[O-])N4C(=O)[C@@H](NC(=O)/C(=N\OC5CCCC5)c5csc(N)n5)[C@H]4CC3)C2=O)c1. The maximum absolute atomic E-state index is 13.3. The number of aliphatic carboxylic acids is 1. The van der Waals surface area contributed by atoms with Gasteiger partial charge in [-0.15, -0.1) is 11.3 Å². The molecule has 0 spiro atoms. The van der Waals surface area contributed by atoms with Crippen molar-refractivity contribution in [2.75, 3.05) is 10.6 Å². The summed E-state index contributed by atoms with van der Waals surface area (Å²) in [6.07, 6.45) is 12.5. The van der Waals surface area contributed by atoms with Crippen LogP contribution in [0.4, 0.5) is 10.8 Å². The Kier molecular flexibility index (Phi) is 7.52. The molecule has 222 valence electrons. The minimum Gasteiger partial charge on any atom is -0.543 e. The molecule has 1 saturated heterocycles. The van der Waals surface area contributed by atoms with E-state index >= 15 is 0 Å². The van der Waals surface area contributed by atoms with Crippen LogP contribution in [0.1, 0.15) is 44.2 Å². The summed E-state index contributed by atoms with van der Waals surface area (Å²) >= 11 is 1.14. The minimum atomic E-state index is -1.54. The third-order valence-electron chi connectivity index (χ3n) is 7.93. The van der Waals surface area contributed by atoms with E-state index in [1.54, 1.807) is 29.9 Å². The Morgan fingerprint density at radius 2 is 2.07 bits per heavy atom. The number of carboxylic acid groups (broad SMARTS) is 1. The molecular formula is C29H29N7O6S. The smallest absolute Gasteiger partial charge is 0.276 e. The molecule has 2 atom stereocenters. The number of thiazole rings is 1. The van der Waals surface area contributed by atoms with Crippen LogP contribution in [0.15, 0.2) is 70.3 Å². The number of carboxylic acids is 1. The van der Waals surface area contributed by atoms with Crippen molar-refractivity contribution in [3.8, 4) is 0 Å². The summed E-state index contributed by atoms with van der Waals surface area (Å²) in [4.78, 5) is 64.3. The number of oxime groups is 1. The molecule has 43 heavy (non-hydrogen) atoms. The van der Waals surface area contributed by atoms with Crippen LogP contribution >= 0.6 is 11.3 Å². The highest BCUT2D eigenvalue weighted by molar-refractivity contribution is 7.13. The van der Waals surface area contributed by atoms with Gasteiger partial charge in [0.2, 0.25) is 0 Å². The van der Waals surface area contributed by atoms with E-state index in [9.17, 15) is 24.3 Å². The number of anilines is 2. The molecule has 13 nitrogen and oxygen atoms in total. The van der Waals surface area contributed by atoms with E-state index in [1.807, 2.05) is 23.9 Å². The van der Waals surface area contributed by atoms with Crippen LogP contribution in [-0.2, 0) is 31.1 Å². The zero-order valence-corrected chi connectivity index (χ0v) is 24.1. The van der Waals surface area contributed by atoms with E-state index in [1.165, 1.54) is 11.0 Å². The van der Waals surface area contributed by atoms with Crippen LogP contribution in [0.2, 0.25) is 0 Å². The van der Waals surface area contributed by atoms with E-state index in [0.29, 0.717) is 17.7 Å². The third kappa shape index (κ3) is 5.41. The van der Waals surface area contributed by atoms with Gasteiger partial charge in [0, 0.05) is 23.2 Å². The van der Waals surface area contributed by atoms with Crippen LogP contribution in [-0.4, -0.2) is 57.5 Å². The first-order valence-corrected chi connectivity index (χ1v) is 14.8. The Morgan fingerprint density at radius 3 is 2.77 bits per heavy atom. The third-order valence-corrected chi connectivity index (χ3v) is 8.60. The highest BCUT2D eigenvalue weighted by atomic mass is 32.1. The number of pyridine rings is 1. The van der Waals surface area contributed by atoms with Gasteiger partial charge in [-0.1, -0.05) is 5.16 Å². The average molecular weight is 604 g/mol. The lowest BCUT2D eigenvalue weighted by Crippen LogP contribution is -2.72. The summed E-state index contributed by atoms with van der Waals surface area (Å²) in [7, 11) is 1.84. The van der Waals surface area contributed by atoms with Crippen molar-refractivity contribution in [2.45, 2.75) is 56.7 Å². The lowest BCUT2D eigenvalue weighted by molar-refractivity contribution is -0.670. The number of nitrogens with zero attached hydrogens (tertiary/aromatic N) is 5. The lowest BCUT2D eigenvalue weighted by Gasteiger charge is -2.51. The van der Waals surface area contributed by atoms with Gasteiger partial charge in [0.05, 0.1) is 17.7 Å². The average Bonchev–Trinajstić information content (AvgIpc) is 3.74. The largest absolute Gasteiger partial charge is 0.543 e. The Balaban J connectivity index is 1.20. The van der Waals surface area contributed by atoms with Crippen molar-refractivity contribution in [3.63, 3.8) is 0 Å². The Morgan fingerprint density at radius 1 is 1.28 bits per heavy atom. The number of aromatic nitrogens is 2. The van der Waals surface area contributed by atoms with Crippen molar-refractivity contribution in [1.29, 1.82) is 0 Å². The first-order chi connectivity index (χ1) is 20.7. The second-order valence-corrected chi connectivity index (χ2v) is 11.7. The van der Waals surface area contributed by atoms with E-state index in [0.717, 1.165) is 41.9 Å². The standard InChI is InChI=1S/C29H29N7O6S/c1-34-11-4-5-18(14-34)35-12-10-17(26(35)38)13-16-8-9-21-23(27(39)36(21)24(16)28(40)41)32-25(37)22(20-15-43-29(30)31-20)33-42-19-6-2-3-7-19/h4-5,10-15,19,21,23H,2-3,6-9H2,1H3,(H3-,30,31,32,37,40,41)/b17-13+,33-22-/t21-,23+/m1/s1. The highest BCUT2D eigenvalue weighted by Gasteiger charge is 2.52. The number of carbonyl (C=O) groups is 4. The van der Waals surface area contributed by atoms with Gasteiger partial charge < -0.3 is 30.7 Å². The molecule has 6 rings (SSSR count). The molecule has 4 aliphatic rings. The molecule has 3 aliphatic heterocycles. The number of aryl methyl sites for hydroxylation is 1. The number of nitrogens with one attached hydrogen (secondary N) is 1. The first kappa shape index (κ1) is 28.3. The molecule has 2 fully saturated rings. The van der Waals surface area contributed by atoms with Crippen molar-refractivity contribution in [1.82, 2.24) is 15.2 Å². The van der Waals surface area contributed by atoms with Gasteiger partial charge in [0.25, 0.3) is 17.7 Å². The number of hydrogen-bond donors (Lipinski definition) is 2. The molecule has 0 radical (unpaired) electrons. The number of nitrogen functional groups attached to an aromatic ring is 1. The maximum atomic E-state index is 13.3. The highest BCUT2D eigenvalue weighted by Crippen LogP contribution is 2.38. The monoisotopic (exact) mass is 603 g/mol. The van der Waals surface area contributed by atoms with E-state index in [4.69, 9.17) is 10.6 Å². The molecule has 2 aromatic rings. The number of fused-ring (bicyclic) bond motifs is 1. The summed E-state index contributed by atoms with van der Waals surface area (Å²) in [5.41, 5.74) is 6.81. The van der Waals surface area contributed by atoms with Crippen molar-refractivity contribution in [3.05, 3.63) is 70.8 Å². The van der Waals surface area contributed by atoms with E-state index in [-0.39, 0.29) is 46.2 Å². The Bertz CT molecular complexity index is 1640. The quantitative estimate of drug-likeness (QED) is 0.141. The van der Waals surface area contributed by atoms with Crippen molar-refractivity contribution >= 4 is 51.6 Å². The summed E-state index contributed by atoms with van der Waals surface area (Å²) in [6.45, 7) is 0. The first-order valence-electron chi connectivity index (χ1n) is 13.9. The minimum absolute atomic E-state index is 0.105. The summed E-state index contributed by atoms with van der Waals surface area (Å²) in [5, 5.41) is 20.9. The van der Waals surface area contributed by atoms with Gasteiger partial charge >= 0.3 is 0 Å². The molecule has 14 heteroatoms. The molecular weight excluding hydrogens is 574 g/mol. The molecule has 3 amide bonds. The van der Waals surface area contributed by atoms with Gasteiger partial charge in [-0.25, -0.2) is 9.55 Å². The predicted octanol–water partition coefficient (Wildman–Crippen LogP) is 0.193. The van der Waals surface area contributed by atoms with E-state index < -0.39 is 29.9 Å². The fraction of sp³-hybridized carbons (Fsp3) is 0.345. The molecule has 1 aliphatic carbocycles. The summed E-state index contributed by atoms with van der Waals surface area (Å²) in [5.74, 6) is -3.15. The second kappa shape index (κ2) is 11.4. The van der Waals surface area contributed by atoms with E-state index in [2.05, 4.69) is 15.5 Å². The summed E-state index contributed by atoms with van der Waals surface area (Å²) < 4.78 is 1.81. The van der Waals surface area contributed by atoms with Crippen LogP contribution in [0.5, 0.6) is 0 Å². The van der Waals surface area contributed by atoms with Gasteiger partial charge in [-0.05, 0) is 62.3 Å². The number of carbonyl (C=O) groups excluding carboxylic acids is 4. The molecule has 0 aromatic carbocycles. The predicted molar refractivity (Wildman–Crippen MR) is 153 cm³/mol. The maximum Gasteiger partial charge on any atom is 0.276 e. The van der Waals surface area contributed by atoms with Crippen LogP contribution in [0, 0.1) is 0 Å². The molecule has 1 saturated carbocycles. The zero-order chi connectivity index (χ0) is 30.2. The second-order valence-electron chi connectivity index (χ2n) is 10.8. The fourth-order valence-corrected chi connectivity index (χ4v) is 6.35. The number of rotatable bonds is 8. The Hall–Kier alpha value is -4.85. The van der Waals surface area contributed by atoms with Crippen LogP contribution < -0.4 is 25.6 Å².